The largest absolute Gasteiger partial charge is 0.410 e. The molecule has 0 unspecified atom stereocenters. The van der Waals surface area contributed by atoms with E-state index in [0.717, 1.165) is 0 Å². The zero-order valence-corrected chi connectivity index (χ0v) is 14.3. The Kier molecular flexibility index (Phi) is 5.55. The minimum absolute atomic E-state index is 0.0723. The first kappa shape index (κ1) is 20.7. The quantitative estimate of drug-likeness (QED) is 0.181. The molecule has 0 spiro atoms. The van der Waals surface area contributed by atoms with Gasteiger partial charge in [0.05, 0.1) is 23.8 Å². The second-order valence-electron chi connectivity index (χ2n) is 6.12. The highest BCUT2D eigenvalue weighted by atomic mass is 19.2. The standard InChI is InChI=1S/C16H13F4N3O6/c17-6-1-7(18)13(20)11(12(6)19)14(22-28)5-3-23(16(27)21-15(5)26)10-2-8(25)9(4-24)29-10/h1,3,8-10,24-25,28H,2,4H2,(H,21,26,27)/b22-14-/t8-,9+,10+/m0/s1. The molecule has 1 aromatic carbocycles. The van der Waals surface area contributed by atoms with Gasteiger partial charge in [0, 0.05) is 18.7 Å². The van der Waals surface area contributed by atoms with Crippen LogP contribution in [0.2, 0.25) is 0 Å². The van der Waals surface area contributed by atoms with Crippen LogP contribution in [-0.2, 0) is 4.74 Å². The number of aromatic amines is 1. The third-order valence-electron chi connectivity index (χ3n) is 4.37. The van der Waals surface area contributed by atoms with E-state index in [1.807, 2.05) is 0 Å². The van der Waals surface area contributed by atoms with Crippen molar-refractivity contribution in [1.82, 2.24) is 9.55 Å². The molecule has 29 heavy (non-hydrogen) atoms. The average Bonchev–Trinajstić information content (AvgIpc) is 3.05. The van der Waals surface area contributed by atoms with Gasteiger partial charge in [-0.15, -0.1) is 0 Å². The van der Waals surface area contributed by atoms with Crippen LogP contribution >= 0.6 is 0 Å². The molecular weight excluding hydrogens is 406 g/mol. The van der Waals surface area contributed by atoms with E-state index in [0.29, 0.717) is 10.8 Å². The topological polar surface area (TPSA) is 137 Å². The van der Waals surface area contributed by atoms with Crippen molar-refractivity contribution < 1.29 is 37.7 Å². The number of nitrogens with zero attached hydrogens (tertiary/aromatic N) is 2. The summed E-state index contributed by atoms with van der Waals surface area (Å²) in [5.41, 5.74) is -5.81. The van der Waals surface area contributed by atoms with E-state index >= 15 is 0 Å². The molecule has 156 valence electrons. The summed E-state index contributed by atoms with van der Waals surface area (Å²) < 4.78 is 61.2. The zero-order chi connectivity index (χ0) is 21.5. The summed E-state index contributed by atoms with van der Waals surface area (Å²) in [6.45, 7) is -0.578. The van der Waals surface area contributed by atoms with Crippen LogP contribution in [0.25, 0.3) is 0 Å². The zero-order valence-electron chi connectivity index (χ0n) is 14.3. The van der Waals surface area contributed by atoms with Crippen LogP contribution in [0, 0.1) is 23.3 Å². The van der Waals surface area contributed by atoms with Crippen LogP contribution in [0.5, 0.6) is 0 Å². The Morgan fingerprint density at radius 2 is 1.86 bits per heavy atom. The maximum atomic E-state index is 14.1. The maximum Gasteiger partial charge on any atom is 0.330 e. The highest BCUT2D eigenvalue weighted by molar-refractivity contribution is 6.12. The second-order valence-corrected chi connectivity index (χ2v) is 6.12. The summed E-state index contributed by atoms with van der Waals surface area (Å²) in [4.78, 5) is 26.0. The molecule has 1 aliphatic rings. The van der Waals surface area contributed by atoms with Crippen molar-refractivity contribution in [3.8, 4) is 0 Å². The van der Waals surface area contributed by atoms with Gasteiger partial charge in [0.15, 0.2) is 23.3 Å². The van der Waals surface area contributed by atoms with E-state index < -0.39 is 76.4 Å². The molecule has 1 fully saturated rings. The van der Waals surface area contributed by atoms with Gasteiger partial charge in [-0.2, -0.15) is 0 Å². The smallest absolute Gasteiger partial charge is 0.330 e. The van der Waals surface area contributed by atoms with Crippen molar-refractivity contribution >= 4 is 5.71 Å². The van der Waals surface area contributed by atoms with Crippen LogP contribution in [0.3, 0.4) is 0 Å². The fraction of sp³-hybridized carbons (Fsp3) is 0.312. The molecule has 4 N–H and O–H groups in total. The van der Waals surface area contributed by atoms with Crippen LogP contribution in [-0.4, -0.2) is 49.5 Å². The van der Waals surface area contributed by atoms with Gasteiger partial charge in [0.25, 0.3) is 5.56 Å². The summed E-state index contributed by atoms with van der Waals surface area (Å²) in [6.07, 6.45) is -2.91. The van der Waals surface area contributed by atoms with Crippen molar-refractivity contribution in [2.75, 3.05) is 6.61 Å². The summed E-state index contributed by atoms with van der Waals surface area (Å²) in [7, 11) is 0. The van der Waals surface area contributed by atoms with E-state index in [4.69, 9.17) is 9.84 Å². The number of rotatable bonds is 4. The fourth-order valence-electron chi connectivity index (χ4n) is 2.94. The van der Waals surface area contributed by atoms with Gasteiger partial charge in [-0.25, -0.2) is 22.4 Å². The first-order chi connectivity index (χ1) is 13.7. The summed E-state index contributed by atoms with van der Waals surface area (Å²) in [5, 5.41) is 30.7. The number of aliphatic hydroxyl groups is 2. The van der Waals surface area contributed by atoms with Gasteiger partial charge in [0.1, 0.15) is 18.0 Å². The van der Waals surface area contributed by atoms with E-state index in [1.54, 1.807) is 4.98 Å². The SMILES string of the molecule is O=c1[nH]c(=O)n([C@H]2C[C@H](O)[C@@H](CO)O2)cc1/C(=N/O)c1c(F)c(F)cc(F)c1F. The summed E-state index contributed by atoms with van der Waals surface area (Å²) in [5.74, 6) is -7.47. The molecule has 1 aliphatic heterocycles. The molecule has 1 aromatic heterocycles. The van der Waals surface area contributed by atoms with Crippen LogP contribution in [0.15, 0.2) is 27.0 Å². The molecule has 13 heteroatoms. The molecule has 2 aromatic rings. The van der Waals surface area contributed by atoms with Crippen molar-refractivity contribution in [2.24, 2.45) is 5.16 Å². The van der Waals surface area contributed by atoms with Gasteiger partial charge >= 0.3 is 5.69 Å². The van der Waals surface area contributed by atoms with Crippen molar-refractivity contribution in [1.29, 1.82) is 0 Å². The molecule has 0 saturated carbocycles. The molecule has 3 atom stereocenters. The molecule has 9 nitrogen and oxygen atoms in total. The number of oxime groups is 1. The van der Waals surface area contributed by atoms with Gasteiger partial charge < -0.3 is 20.2 Å². The molecule has 3 rings (SSSR count). The number of ether oxygens (including phenoxy) is 1. The number of aliphatic hydroxyl groups excluding tert-OH is 2. The van der Waals surface area contributed by atoms with Crippen molar-refractivity contribution in [3.63, 3.8) is 0 Å². The summed E-state index contributed by atoms with van der Waals surface area (Å²) in [6, 6.07) is -0.0723. The van der Waals surface area contributed by atoms with E-state index in [2.05, 4.69) is 5.16 Å². The third-order valence-corrected chi connectivity index (χ3v) is 4.37. The molecule has 1 saturated heterocycles. The Labute approximate surface area is 158 Å². The van der Waals surface area contributed by atoms with Crippen LogP contribution < -0.4 is 11.2 Å². The van der Waals surface area contributed by atoms with Crippen LogP contribution in [0.4, 0.5) is 17.6 Å². The highest BCUT2D eigenvalue weighted by Gasteiger charge is 2.36. The lowest BCUT2D eigenvalue weighted by molar-refractivity contribution is -0.0459. The van der Waals surface area contributed by atoms with Gasteiger partial charge in [-0.3, -0.25) is 14.3 Å². The molecule has 0 bridgehead atoms. The first-order valence-electron chi connectivity index (χ1n) is 8.05. The number of aromatic nitrogens is 2. The minimum Gasteiger partial charge on any atom is -0.410 e. The number of benzene rings is 1. The third kappa shape index (κ3) is 3.54. The Morgan fingerprint density at radius 3 is 2.38 bits per heavy atom. The maximum absolute atomic E-state index is 14.1. The number of nitrogens with one attached hydrogen (secondary N) is 1. The predicted molar refractivity (Wildman–Crippen MR) is 86.6 cm³/mol. The highest BCUT2D eigenvalue weighted by Crippen LogP contribution is 2.28. The van der Waals surface area contributed by atoms with E-state index in [1.165, 1.54) is 0 Å². The average molecular weight is 419 g/mol. The Balaban J connectivity index is 2.17. The van der Waals surface area contributed by atoms with Gasteiger partial charge in [-0.05, 0) is 0 Å². The van der Waals surface area contributed by atoms with E-state index in [-0.39, 0.29) is 12.5 Å². The fourth-order valence-corrected chi connectivity index (χ4v) is 2.94. The molecule has 0 amide bonds. The number of halogens is 4. The monoisotopic (exact) mass is 419 g/mol. The Bertz CT molecular complexity index is 1070. The summed E-state index contributed by atoms with van der Waals surface area (Å²) >= 11 is 0. The lowest BCUT2D eigenvalue weighted by atomic mass is 10.0. The molecule has 0 aliphatic carbocycles. The van der Waals surface area contributed by atoms with Crippen molar-refractivity contribution in [3.05, 3.63) is 67.5 Å². The van der Waals surface area contributed by atoms with Crippen molar-refractivity contribution in [2.45, 2.75) is 24.9 Å². The van der Waals surface area contributed by atoms with E-state index in [9.17, 15) is 37.5 Å². The number of hydrogen-bond donors (Lipinski definition) is 4. The minimum atomic E-state index is -1.93. The second kappa shape index (κ2) is 7.77. The number of H-pyrrole nitrogens is 1. The van der Waals surface area contributed by atoms with Gasteiger partial charge in [-0.1, -0.05) is 5.16 Å². The molecule has 0 radical (unpaired) electrons. The molecular formula is C16H13F4N3O6. The first-order valence-corrected chi connectivity index (χ1v) is 8.05. The molecule has 2 heterocycles. The normalized spacial score (nSPS) is 22.3. The lowest BCUT2D eigenvalue weighted by Gasteiger charge is -2.16. The van der Waals surface area contributed by atoms with Gasteiger partial charge in [0.2, 0.25) is 0 Å². The predicted octanol–water partition coefficient (Wildman–Crippen LogP) is -0.0397. The number of hydrogen-bond acceptors (Lipinski definition) is 7. The lowest BCUT2D eigenvalue weighted by Crippen LogP contribution is -2.36. The Hall–Kier alpha value is -3.03. The Morgan fingerprint density at radius 1 is 1.24 bits per heavy atom. The van der Waals surface area contributed by atoms with Crippen LogP contribution in [0.1, 0.15) is 23.8 Å².